The van der Waals surface area contributed by atoms with Gasteiger partial charge in [0.25, 0.3) is 11.8 Å². The molecule has 3 aromatic rings. The lowest BCUT2D eigenvalue weighted by atomic mass is 9.98. The Kier molecular flexibility index (Phi) is 4.27. The van der Waals surface area contributed by atoms with E-state index in [0.29, 0.717) is 29.1 Å². The molecule has 0 unspecified atom stereocenters. The number of benzene rings is 1. The first-order valence-corrected chi connectivity index (χ1v) is 8.78. The molecule has 3 heterocycles. The average molecular weight is 394 g/mol. The van der Waals surface area contributed by atoms with Crippen molar-refractivity contribution in [3.05, 3.63) is 48.0 Å². The number of carbonyl (C=O) groups is 2. The van der Waals surface area contributed by atoms with Crippen LogP contribution in [-0.4, -0.2) is 50.5 Å². The van der Waals surface area contributed by atoms with E-state index in [4.69, 9.17) is 16.0 Å². The van der Waals surface area contributed by atoms with E-state index in [-0.39, 0.29) is 23.7 Å². The van der Waals surface area contributed by atoms with Crippen molar-refractivity contribution in [1.29, 1.82) is 0 Å². The summed E-state index contributed by atoms with van der Waals surface area (Å²) in [5, 5.41) is 14.7. The number of aromatic nitrogens is 3. The van der Waals surface area contributed by atoms with Crippen molar-refractivity contribution in [2.45, 2.75) is 12.0 Å². The molecule has 1 aliphatic rings. The third kappa shape index (κ3) is 3.09. The number of primary amides is 1. The minimum absolute atomic E-state index is 0.0435. The van der Waals surface area contributed by atoms with E-state index in [1.165, 1.54) is 11.1 Å². The maximum atomic E-state index is 12.3. The average Bonchev–Trinajstić information content (AvgIpc) is 3.31. The number of rotatable bonds is 4. The van der Waals surface area contributed by atoms with Gasteiger partial charge in [0.05, 0.1) is 11.9 Å². The van der Waals surface area contributed by atoms with Crippen molar-refractivity contribution in [1.82, 2.24) is 20.0 Å². The SMILES string of the molecule is CN1CC[C@@](O)(c2cc(-c3cccc(-c4cnc(N)c(C(N)=O)n4)c3)no2)C1=O. The molecule has 0 spiro atoms. The number of carbonyl (C=O) groups excluding carboxylic acids is 2. The Labute approximate surface area is 165 Å². The van der Waals surface area contributed by atoms with Gasteiger partial charge in [0.1, 0.15) is 5.69 Å². The van der Waals surface area contributed by atoms with Crippen molar-refractivity contribution in [3.8, 4) is 22.5 Å². The van der Waals surface area contributed by atoms with Crippen LogP contribution >= 0.6 is 0 Å². The number of nitrogens with two attached hydrogens (primary N) is 2. The first-order valence-electron chi connectivity index (χ1n) is 8.78. The highest BCUT2D eigenvalue weighted by Crippen LogP contribution is 2.35. The summed E-state index contributed by atoms with van der Waals surface area (Å²) in [6.45, 7) is 0.429. The molecule has 2 aromatic heterocycles. The number of hydrogen-bond acceptors (Lipinski definition) is 8. The lowest BCUT2D eigenvalue weighted by molar-refractivity contribution is -0.144. The van der Waals surface area contributed by atoms with Crippen LogP contribution in [0.25, 0.3) is 22.5 Å². The fourth-order valence-corrected chi connectivity index (χ4v) is 3.25. The van der Waals surface area contributed by atoms with Gasteiger partial charge in [-0.1, -0.05) is 23.4 Å². The molecule has 4 rings (SSSR count). The second-order valence-electron chi connectivity index (χ2n) is 6.85. The lowest BCUT2D eigenvalue weighted by Gasteiger charge is -2.16. The Hall–Kier alpha value is -3.79. The molecule has 1 atom stereocenters. The molecule has 0 saturated carbocycles. The Morgan fingerprint density at radius 2 is 2.00 bits per heavy atom. The number of aliphatic hydroxyl groups is 1. The van der Waals surface area contributed by atoms with Crippen LogP contribution in [-0.2, 0) is 10.4 Å². The van der Waals surface area contributed by atoms with Crippen LogP contribution in [0.5, 0.6) is 0 Å². The zero-order valence-electron chi connectivity index (χ0n) is 15.5. The van der Waals surface area contributed by atoms with Crippen LogP contribution in [0, 0.1) is 0 Å². The molecular formula is C19H18N6O4. The van der Waals surface area contributed by atoms with Gasteiger partial charge in [0, 0.05) is 37.2 Å². The highest BCUT2D eigenvalue weighted by atomic mass is 16.5. The van der Waals surface area contributed by atoms with Crippen molar-refractivity contribution in [3.63, 3.8) is 0 Å². The van der Waals surface area contributed by atoms with E-state index >= 15 is 0 Å². The van der Waals surface area contributed by atoms with Crippen LogP contribution in [0.2, 0.25) is 0 Å². The molecule has 5 N–H and O–H groups in total. The predicted molar refractivity (Wildman–Crippen MR) is 102 cm³/mol. The zero-order chi connectivity index (χ0) is 20.8. The van der Waals surface area contributed by atoms with Gasteiger partial charge in [-0.15, -0.1) is 0 Å². The fourth-order valence-electron chi connectivity index (χ4n) is 3.25. The Morgan fingerprint density at radius 1 is 1.28 bits per heavy atom. The number of likely N-dealkylation sites (tertiary alicyclic amines) is 1. The van der Waals surface area contributed by atoms with E-state index in [1.807, 2.05) is 0 Å². The molecular weight excluding hydrogens is 376 g/mol. The van der Waals surface area contributed by atoms with Gasteiger partial charge < -0.3 is 26.0 Å². The summed E-state index contributed by atoms with van der Waals surface area (Å²) in [4.78, 5) is 33.3. The summed E-state index contributed by atoms with van der Waals surface area (Å²) in [6.07, 6.45) is 1.67. The fraction of sp³-hybridized carbons (Fsp3) is 0.211. The van der Waals surface area contributed by atoms with E-state index in [9.17, 15) is 14.7 Å². The maximum Gasteiger partial charge on any atom is 0.271 e. The van der Waals surface area contributed by atoms with Gasteiger partial charge in [0.2, 0.25) is 5.60 Å². The quantitative estimate of drug-likeness (QED) is 0.577. The molecule has 1 fully saturated rings. The number of anilines is 1. The number of nitrogen functional groups attached to an aromatic ring is 1. The van der Waals surface area contributed by atoms with Crippen molar-refractivity contribution in [2.24, 2.45) is 5.73 Å². The number of likely N-dealkylation sites (N-methyl/N-ethyl adjacent to an activating group) is 1. The first-order chi connectivity index (χ1) is 13.8. The smallest absolute Gasteiger partial charge is 0.271 e. The summed E-state index contributed by atoms with van der Waals surface area (Å²) in [5.74, 6) is -1.15. The van der Waals surface area contributed by atoms with E-state index < -0.39 is 17.4 Å². The van der Waals surface area contributed by atoms with Crippen LogP contribution in [0.4, 0.5) is 5.82 Å². The van der Waals surface area contributed by atoms with Crippen LogP contribution in [0.3, 0.4) is 0 Å². The second-order valence-corrected chi connectivity index (χ2v) is 6.85. The van der Waals surface area contributed by atoms with Gasteiger partial charge in [0.15, 0.2) is 17.3 Å². The second kappa shape index (κ2) is 6.67. The molecule has 2 amide bonds. The van der Waals surface area contributed by atoms with Gasteiger partial charge in [-0.2, -0.15) is 0 Å². The largest absolute Gasteiger partial charge is 0.382 e. The normalized spacial score (nSPS) is 19.0. The van der Waals surface area contributed by atoms with Crippen molar-refractivity contribution in [2.75, 3.05) is 19.3 Å². The highest BCUT2D eigenvalue weighted by molar-refractivity contribution is 5.95. The molecule has 0 radical (unpaired) electrons. The van der Waals surface area contributed by atoms with Gasteiger partial charge in [-0.25, -0.2) is 9.97 Å². The monoisotopic (exact) mass is 394 g/mol. The zero-order valence-corrected chi connectivity index (χ0v) is 15.5. The van der Waals surface area contributed by atoms with Crippen molar-refractivity contribution < 1.29 is 19.2 Å². The third-order valence-corrected chi connectivity index (χ3v) is 4.92. The third-order valence-electron chi connectivity index (χ3n) is 4.92. The summed E-state index contributed by atoms with van der Waals surface area (Å²) < 4.78 is 5.28. The molecule has 1 saturated heterocycles. The summed E-state index contributed by atoms with van der Waals surface area (Å²) in [7, 11) is 1.62. The lowest BCUT2D eigenvalue weighted by Crippen LogP contribution is -2.35. The summed E-state index contributed by atoms with van der Waals surface area (Å²) in [6, 6.07) is 8.64. The molecule has 148 valence electrons. The van der Waals surface area contributed by atoms with Crippen LogP contribution in [0.1, 0.15) is 22.7 Å². The summed E-state index contributed by atoms with van der Waals surface area (Å²) >= 11 is 0. The maximum absolute atomic E-state index is 12.3. The number of hydrogen-bond donors (Lipinski definition) is 3. The summed E-state index contributed by atoms with van der Waals surface area (Å²) in [5.41, 5.74) is 11.3. The topological polar surface area (TPSA) is 161 Å². The molecule has 10 heteroatoms. The molecule has 1 aromatic carbocycles. The van der Waals surface area contributed by atoms with E-state index in [2.05, 4.69) is 15.1 Å². The van der Waals surface area contributed by atoms with Crippen LogP contribution < -0.4 is 11.5 Å². The number of amides is 2. The van der Waals surface area contributed by atoms with Crippen LogP contribution in [0.15, 0.2) is 41.1 Å². The molecule has 0 aliphatic carbocycles. The van der Waals surface area contributed by atoms with Gasteiger partial charge in [-0.05, 0) is 6.07 Å². The van der Waals surface area contributed by atoms with E-state index in [0.717, 1.165) is 0 Å². The molecule has 0 bridgehead atoms. The van der Waals surface area contributed by atoms with E-state index in [1.54, 1.807) is 37.4 Å². The van der Waals surface area contributed by atoms with Gasteiger partial charge in [-0.3, -0.25) is 9.59 Å². The Bertz CT molecular complexity index is 1130. The Morgan fingerprint density at radius 3 is 2.66 bits per heavy atom. The molecule has 29 heavy (non-hydrogen) atoms. The molecule has 10 nitrogen and oxygen atoms in total. The highest BCUT2D eigenvalue weighted by Gasteiger charge is 2.48. The minimum atomic E-state index is -1.71. The van der Waals surface area contributed by atoms with Gasteiger partial charge >= 0.3 is 0 Å². The first kappa shape index (κ1) is 18.6. The minimum Gasteiger partial charge on any atom is -0.382 e. The Balaban J connectivity index is 1.69. The number of nitrogens with zero attached hydrogens (tertiary/aromatic N) is 4. The van der Waals surface area contributed by atoms with Crippen molar-refractivity contribution >= 4 is 17.6 Å². The predicted octanol–water partition coefficient (Wildman–Crippen LogP) is 0.529. The molecule has 1 aliphatic heterocycles. The standard InChI is InChI=1S/C19H18N6O4/c1-25-6-5-19(28,18(25)27)14-8-12(24-29-14)10-3-2-4-11(7-10)13-9-22-16(20)15(23-13)17(21)26/h2-4,7-9,28H,5-6H2,1H3,(H2,20,22)(H2,21,26)/t19-/m1/s1.